The molecule has 2 amide bonds. The number of halogens is 1. The van der Waals surface area contributed by atoms with Crippen LogP contribution < -0.4 is 14.8 Å². The summed E-state index contributed by atoms with van der Waals surface area (Å²) < 4.78 is 12.7. The van der Waals surface area contributed by atoms with Gasteiger partial charge in [-0.3, -0.25) is 19.5 Å². The second-order valence-corrected chi connectivity index (χ2v) is 8.54. The fraction of sp³-hybridized carbons (Fsp3) is 0.0833. The molecule has 1 aromatic heterocycles. The highest BCUT2D eigenvalue weighted by atomic mass is 35.5. The second kappa shape index (κ2) is 9.58. The van der Waals surface area contributed by atoms with Gasteiger partial charge in [-0.05, 0) is 42.5 Å². The molecule has 8 nitrogen and oxygen atoms in total. The molecule has 3 aromatic carbocycles. The number of imide groups is 1. The minimum atomic E-state index is -0.554. The van der Waals surface area contributed by atoms with E-state index in [1.54, 1.807) is 24.3 Å². The number of aromatic nitrogens is 3. The molecule has 0 spiro atoms. The number of carbonyl (C=O) groups excluding carboxylic acids is 2. The quantitative estimate of drug-likeness (QED) is 0.399. The third-order valence-electron chi connectivity index (χ3n) is 4.98. The second-order valence-electron chi connectivity index (χ2n) is 7.19. The first kappa shape index (κ1) is 22.0. The zero-order valence-electron chi connectivity index (χ0n) is 17.6. The average molecular weight is 493 g/mol. The number of fused-ring (bicyclic) bond motifs is 1. The molecular weight excluding hydrogens is 476 g/mol. The lowest BCUT2D eigenvalue weighted by molar-refractivity contribution is -0.117. The maximum absolute atomic E-state index is 12.5. The van der Waals surface area contributed by atoms with Crippen molar-refractivity contribution in [1.29, 1.82) is 0 Å². The van der Waals surface area contributed by atoms with E-state index < -0.39 is 11.8 Å². The van der Waals surface area contributed by atoms with Crippen molar-refractivity contribution < 1.29 is 19.1 Å². The third-order valence-corrected chi connectivity index (χ3v) is 6.24. The van der Waals surface area contributed by atoms with Crippen LogP contribution in [0, 0.1) is 0 Å². The van der Waals surface area contributed by atoms with E-state index in [1.165, 1.54) is 11.8 Å². The predicted octanol–water partition coefficient (Wildman–Crippen LogP) is 4.37. The lowest BCUT2D eigenvalue weighted by Crippen LogP contribution is -2.32. The Morgan fingerprint density at radius 1 is 0.971 bits per heavy atom. The summed E-state index contributed by atoms with van der Waals surface area (Å²) in [6, 6.07) is 21.6. The van der Waals surface area contributed by atoms with Gasteiger partial charge in [-0.25, -0.2) is 0 Å². The van der Waals surface area contributed by atoms with Crippen molar-refractivity contribution in [3.8, 4) is 28.6 Å². The largest absolute Gasteiger partial charge is 0.454 e. The van der Waals surface area contributed by atoms with Gasteiger partial charge < -0.3 is 9.47 Å². The topological polar surface area (TPSA) is 95.3 Å². The number of benzene rings is 3. The Morgan fingerprint density at radius 3 is 2.56 bits per heavy atom. The minimum Gasteiger partial charge on any atom is -0.454 e. The lowest BCUT2D eigenvalue weighted by atomic mass is 10.2. The molecule has 0 radical (unpaired) electrons. The number of hydrogen-bond donors (Lipinski definition) is 1. The normalized spacial score (nSPS) is 11.9. The van der Waals surface area contributed by atoms with Crippen molar-refractivity contribution >= 4 is 35.2 Å². The van der Waals surface area contributed by atoms with Crippen LogP contribution in [0.5, 0.6) is 11.5 Å². The van der Waals surface area contributed by atoms with E-state index >= 15 is 0 Å². The highest BCUT2D eigenvalue weighted by Crippen LogP contribution is 2.37. The Kier molecular flexibility index (Phi) is 6.20. The summed E-state index contributed by atoms with van der Waals surface area (Å²) in [5, 5.41) is 11.8. The van der Waals surface area contributed by atoms with Gasteiger partial charge in [0.05, 0.1) is 16.3 Å². The number of thioether (sulfide) groups is 1. The summed E-state index contributed by atoms with van der Waals surface area (Å²) >= 11 is 7.21. The molecule has 0 saturated carbocycles. The van der Waals surface area contributed by atoms with Crippen molar-refractivity contribution in [2.24, 2.45) is 0 Å². The van der Waals surface area contributed by atoms with Crippen molar-refractivity contribution in [3.05, 3.63) is 83.4 Å². The lowest BCUT2D eigenvalue weighted by Gasteiger charge is -2.11. The number of para-hydroxylation sites is 1. The molecule has 170 valence electrons. The van der Waals surface area contributed by atoms with Gasteiger partial charge >= 0.3 is 0 Å². The predicted molar refractivity (Wildman–Crippen MR) is 128 cm³/mol. The smallest absolute Gasteiger partial charge is 0.259 e. The van der Waals surface area contributed by atoms with Crippen molar-refractivity contribution in [3.63, 3.8) is 0 Å². The van der Waals surface area contributed by atoms with E-state index in [0.29, 0.717) is 22.5 Å². The molecule has 0 atom stereocenters. The highest BCUT2D eigenvalue weighted by Gasteiger charge is 2.21. The van der Waals surface area contributed by atoms with Crippen LogP contribution in [0.2, 0.25) is 5.02 Å². The molecule has 0 bridgehead atoms. The standard InChI is InChI=1S/C24H17ClN4O4S/c25-18-9-5-4-8-17(18)23(31)26-21(30)13-34-24-28-27-22(29(24)16-6-2-1-3-7-16)15-10-11-19-20(12-15)33-14-32-19/h1-12H,13-14H2,(H,26,30,31). The summed E-state index contributed by atoms with van der Waals surface area (Å²) in [6.07, 6.45) is 0. The fourth-order valence-electron chi connectivity index (χ4n) is 3.40. The Hall–Kier alpha value is -3.82. The van der Waals surface area contributed by atoms with Gasteiger partial charge in [-0.1, -0.05) is 53.7 Å². The van der Waals surface area contributed by atoms with Crippen LogP contribution >= 0.6 is 23.4 Å². The molecule has 2 heterocycles. The van der Waals surface area contributed by atoms with Gasteiger partial charge in [0.15, 0.2) is 22.5 Å². The number of ether oxygens (including phenoxy) is 2. The summed E-state index contributed by atoms with van der Waals surface area (Å²) in [7, 11) is 0. The molecule has 0 fully saturated rings. The number of amides is 2. The monoisotopic (exact) mass is 492 g/mol. The molecule has 1 aliphatic heterocycles. The molecule has 5 rings (SSSR count). The van der Waals surface area contributed by atoms with Gasteiger partial charge in [0.25, 0.3) is 5.91 Å². The van der Waals surface area contributed by atoms with Crippen LogP contribution in [-0.2, 0) is 4.79 Å². The first-order valence-electron chi connectivity index (χ1n) is 10.2. The Labute approximate surface area is 203 Å². The average Bonchev–Trinajstić information content (AvgIpc) is 3.50. The van der Waals surface area contributed by atoms with E-state index in [4.69, 9.17) is 21.1 Å². The number of carbonyl (C=O) groups is 2. The first-order valence-corrected chi connectivity index (χ1v) is 11.6. The SMILES string of the molecule is O=C(CSc1nnc(-c2ccc3c(c2)OCO3)n1-c1ccccc1)NC(=O)c1ccccc1Cl. The van der Waals surface area contributed by atoms with E-state index in [0.717, 1.165) is 11.3 Å². The van der Waals surface area contributed by atoms with Gasteiger partial charge in [0.1, 0.15) is 0 Å². The van der Waals surface area contributed by atoms with E-state index in [1.807, 2.05) is 53.1 Å². The highest BCUT2D eigenvalue weighted by molar-refractivity contribution is 7.99. The zero-order valence-corrected chi connectivity index (χ0v) is 19.2. The molecule has 0 saturated heterocycles. The first-order chi connectivity index (χ1) is 16.6. The van der Waals surface area contributed by atoms with Crippen LogP contribution in [0.15, 0.2) is 78.0 Å². The van der Waals surface area contributed by atoms with Gasteiger partial charge in [-0.15, -0.1) is 10.2 Å². The van der Waals surface area contributed by atoms with E-state index in [2.05, 4.69) is 15.5 Å². The maximum Gasteiger partial charge on any atom is 0.259 e. The Bertz CT molecular complexity index is 1380. The fourth-order valence-corrected chi connectivity index (χ4v) is 4.37. The van der Waals surface area contributed by atoms with Crippen molar-refractivity contribution in [2.75, 3.05) is 12.5 Å². The van der Waals surface area contributed by atoms with Crippen LogP contribution in [0.4, 0.5) is 0 Å². The number of nitrogens with one attached hydrogen (secondary N) is 1. The molecule has 1 N–H and O–H groups in total. The van der Waals surface area contributed by atoms with Crippen molar-refractivity contribution in [1.82, 2.24) is 20.1 Å². The van der Waals surface area contributed by atoms with Gasteiger partial charge in [0, 0.05) is 11.3 Å². The maximum atomic E-state index is 12.5. The Balaban J connectivity index is 1.38. The molecule has 1 aliphatic rings. The zero-order chi connectivity index (χ0) is 23.5. The molecule has 34 heavy (non-hydrogen) atoms. The molecule has 0 unspecified atom stereocenters. The summed E-state index contributed by atoms with van der Waals surface area (Å²) in [6.45, 7) is 0.174. The summed E-state index contributed by atoms with van der Waals surface area (Å²) in [5.74, 6) is 0.821. The number of rotatable bonds is 6. The van der Waals surface area contributed by atoms with Crippen LogP contribution in [0.3, 0.4) is 0 Å². The molecule has 10 heteroatoms. The third kappa shape index (κ3) is 4.48. The van der Waals surface area contributed by atoms with Crippen molar-refractivity contribution in [2.45, 2.75) is 5.16 Å². The van der Waals surface area contributed by atoms with E-state index in [-0.39, 0.29) is 23.1 Å². The van der Waals surface area contributed by atoms with E-state index in [9.17, 15) is 9.59 Å². The molecule has 0 aliphatic carbocycles. The Morgan fingerprint density at radius 2 is 1.74 bits per heavy atom. The number of hydrogen-bond acceptors (Lipinski definition) is 7. The summed E-state index contributed by atoms with van der Waals surface area (Å²) in [4.78, 5) is 24.9. The van der Waals surface area contributed by atoms with Gasteiger partial charge in [-0.2, -0.15) is 0 Å². The number of nitrogens with zero attached hydrogens (tertiary/aromatic N) is 3. The minimum absolute atomic E-state index is 0.0394. The van der Waals surface area contributed by atoms with Gasteiger partial charge in [0.2, 0.25) is 12.7 Å². The van der Waals surface area contributed by atoms with Crippen LogP contribution in [0.25, 0.3) is 17.1 Å². The molecular formula is C24H17ClN4O4S. The molecule has 4 aromatic rings. The summed E-state index contributed by atoms with van der Waals surface area (Å²) in [5.41, 5.74) is 1.85. The van der Waals surface area contributed by atoms with Crippen LogP contribution in [-0.4, -0.2) is 39.1 Å². The van der Waals surface area contributed by atoms with Crippen LogP contribution in [0.1, 0.15) is 10.4 Å².